The second-order valence-corrected chi connectivity index (χ2v) is 6.85. The van der Waals surface area contributed by atoms with Gasteiger partial charge in [0.2, 0.25) is 5.89 Å². The lowest BCUT2D eigenvalue weighted by Gasteiger charge is -2.31. The van der Waals surface area contributed by atoms with Crippen LogP contribution in [0.3, 0.4) is 0 Å². The van der Waals surface area contributed by atoms with E-state index >= 15 is 0 Å². The van der Waals surface area contributed by atoms with Gasteiger partial charge in [-0.2, -0.15) is 18.2 Å². The van der Waals surface area contributed by atoms with Crippen LogP contribution in [-0.2, 0) is 6.18 Å². The van der Waals surface area contributed by atoms with E-state index in [-0.39, 0.29) is 18.0 Å². The first-order valence-corrected chi connectivity index (χ1v) is 8.36. The number of likely N-dealkylation sites (tertiary alicyclic amines) is 1. The van der Waals surface area contributed by atoms with E-state index in [1.54, 1.807) is 11.8 Å². The highest BCUT2D eigenvalue weighted by Crippen LogP contribution is 2.46. The number of rotatable bonds is 2. The monoisotopic (exact) mass is 366 g/mol. The number of aromatic nitrogens is 2. The van der Waals surface area contributed by atoms with Crippen LogP contribution in [0.5, 0.6) is 0 Å². The topological polar surface area (TPSA) is 71.3 Å². The molecule has 2 aromatic rings. The first kappa shape index (κ1) is 16.9. The largest absolute Gasteiger partial charge is 0.416 e. The molecule has 1 N–H and O–H groups in total. The van der Waals surface area contributed by atoms with Gasteiger partial charge in [-0.25, -0.2) is 4.79 Å². The van der Waals surface area contributed by atoms with Gasteiger partial charge in [0.15, 0.2) is 5.82 Å². The first-order valence-electron chi connectivity index (χ1n) is 8.36. The van der Waals surface area contributed by atoms with Gasteiger partial charge < -0.3 is 14.7 Å². The zero-order valence-corrected chi connectivity index (χ0v) is 14.0. The van der Waals surface area contributed by atoms with Crippen molar-refractivity contribution in [2.24, 2.45) is 5.92 Å². The van der Waals surface area contributed by atoms with Crippen molar-refractivity contribution in [1.29, 1.82) is 0 Å². The van der Waals surface area contributed by atoms with Crippen molar-refractivity contribution in [3.05, 3.63) is 41.5 Å². The second kappa shape index (κ2) is 6.00. The number of carbonyl (C=O) groups excluding carboxylic acids is 1. The maximum atomic E-state index is 12.6. The van der Waals surface area contributed by atoms with Gasteiger partial charge in [-0.15, -0.1) is 0 Å². The van der Waals surface area contributed by atoms with E-state index in [9.17, 15) is 18.0 Å². The molecule has 2 amide bonds. The predicted molar refractivity (Wildman–Crippen MR) is 85.5 cm³/mol. The van der Waals surface area contributed by atoms with E-state index < -0.39 is 11.7 Å². The van der Waals surface area contributed by atoms with E-state index in [0.29, 0.717) is 29.9 Å². The molecule has 138 valence electrons. The highest BCUT2D eigenvalue weighted by Gasteiger charge is 2.49. The molecule has 2 fully saturated rings. The zero-order valence-electron chi connectivity index (χ0n) is 14.0. The number of aryl methyl sites for hydroxylation is 1. The maximum absolute atomic E-state index is 12.6. The SMILES string of the molecule is Cc1noc(C2CC3CC2N(C(=O)Nc2ccc(C(F)(F)F)cc2)C3)n1. The number of hydrogen-bond donors (Lipinski definition) is 1. The van der Waals surface area contributed by atoms with Crippen molar-refractivity contribution in [2.75, 3.05) is 11.9 Å². The molecule has 4 rings (SSSR count). The summed E-state index contributed by atoms with van der Waals surface area (Å²) in [5.41, 5.74) is -0.418. The van der Waals surface area contributed by atoms with E-state index in [1.165, 1.54) is 12.1 Å². The fourth-order valence-electron chi connectivity index (χ4n) is 3.93. The Balaban J connectivity index is 1.45. The summed E-state index contributed by atoms with van der Waals surface area (Å²) in [6.07, 6.45) is -2.63. The van der Waals surface area contributed by atoms with E-state index in [2.05, 4.69) is 15.5 Å². The molecule has 0 spiro atoms. The number of urea groups is 1. The van der Waals surface area contributed by atoms with Gasteiger partial charge in [-0.05, 0) is 49.9 Å². The predicted octanol–water partition coefficient (Wildman–Crippen LogP) is 3.81. The third kappa shape index (κ3) is 3.02. The van der Waals surface area contributed by atoms with E-state index in [1.807, 2.05) is 0 Å². The number of alkyl halides is 3. The molecule has 26 heavy (non-hydrogen) atoms. The molecular weight excluding hydrogens is 349 g/mol. The number of hydrogen-bond acceptors (Lipinski definition) is 4. The van der Waals surface area contributed by atoms with Gasteiger partial charge in [0.1, 0.15) is 0 Å². The normalized spacial score (nSPS) is 24.9. The average Bonchev–Trinajstić information content (AvgIpc) is 3.29. The third-order valence-corrected chi connectivity index (χ3v) is 5.07. The van der Waals surface area contributed by atoms with Crippen LogP contribution in [0.15, 0.2) is 28.8 Å². The molecule has 2 aliphatic rings. The average molecular weight is 366 g/mol. The Bertz CT molecular complexity index is 818. The molecule has 6 nitrogen and oxygen atoms in total. The Morgan fingerprint density at radius 1 is 1.27 bits per heavy atom. The Labute approximate surface area is 147 Å². The molecule has 1 aromatic heterocycles. The second-order valence-electron chi connectivity index (χ2n) is 6.85. The number of benzene rings is 1. The van der Waals surface area contributed by atoms with Crippen LogP contribution < -0.4 is 5.32 Å². The summed E-state index contributed by atoms with van der Waals surface area (Å²) in [6, 6.07) is 4.07. The minimum absolute atomic E-state index is 0.00769. The Morgan fingerprint density at radius 2 is 2.00 bits per heavy atom. The lowest BCUT2D eigenvalue weighted by molar-refractivity contribution is -0.137. The standard InChI is InChI=1S/C17H17F3N4O2/c1-9-21-15(26-23-9)13-6-10-7-14(13)24(8-10)16(25)22-12-4-2-11(3-5-12)17(18,19)20/h2-5,10,13-14H,6-8H2,1H3,(H,22,25). The van der Waals surface area contributed by atoms with Crippen LogP contribution in [0, 0.1) is 12.8 Å². The highest BCUT2D eigenvalue weighted by molar-refractivity contribution is 5.90. The van der Waals surface area contributed by atoms with E-state index in [4.69, 9.17) is 4.52 Å². The molecule has 9 heteroatoms. The number of carbonyl (C=O) groups is 1. The summed E-state index contributed by atoms with van der Waals surface area (Å²) in [7, 11) is 0. The van der Waals surface area contributed by atoms with Gasteiger partial charge >= 0.3 is 12.2 Å². The third-order valence-electron chi connectivity index (χ3n) is 5.07. The van der Waals surface area contributed by atoms with Gasteiger partial charge in [-0.3, -0.25) is 0 Å². The molecule has 1 aliphatic carbocycles. The van der Waals surface area contributed by atoms with Gasteiger partial charge in [0.05, 0.1) is 11.5 Å². The highest BCUT2D eigenvalue weighted by atomic mass is 19.4. The minimum Gasteiger partial charge on any atom is -0.339 e. The molecule has 3 unspecified atom stereocenters. The Hall–Kier alpha value is -2.58. The van der Waals surface area contributed by atoms with Crippen LogP contribution in [0.1, 0.15) is 36.0 Å². The summed E-state index contributed by atoms with van der Waals surface area (Å²) in [5, 5.41) is 6.49. The van der Waals surface area contributed by atoms with Crippen molar-refractivity contribution in [3.8, 4) is 0 Å². The number of piperidine rings is 1. The minimum atomic E-state index is -4.40. The van der Waals surface area contributed by atoms with Crippen LogP contribution in [-0.4, -0.2) is 33.7 Å². The molecule has 0 radical (unpaired) electrons. The molecule has 1 aromatic carbocycles. The fraction of sp³-hybridized carbons (Fsp3) is 0.471. The number of amides is 2. The quantitative estimate of drug-likeness (QED) is 0.877. The van der Waals surface area contributed by atoms with Gasteiger partial charge in [-0.1, -0.05) is 5.16 Å². The molecule has 3 atom stereocenters. The summed E-state index contributed by atoms with van der Waals surface area (Å²) in [4.78, 5) is 18.6. The summed E-state index contributed by atoms with van der Waals surface area (Å²) < 4.78 is 43.1. The smallest absolute Gasteiger partial charge is 0.339 e. The number of nitrogens with one attached hydrogen (secondary N) is 1. The van der Waals surface area contributed by atoms with Crippen LogP contribution in [0.4, 0.5) is 23.7 Å². The van der Waals surface area contributed by atoms with Crippen molar-refractivity contribution in [3.63, 3.8) is 0 Å². The summed E-state index contributed by atoms with van der Waals surface area (Å²) >= 11 is 0. The summed E-state index contributed by atoms with van der Waals surface area (Å²) in [5.74, 6) is 1.48. The lowest BCUT2D eigenvalue weighted by Crippen LogP contribution is -2.43. The Morgan fingerprint density at radius 3 is 2.58 bits per heavy atom. The zero-order chi connectivity index (χ0) is 18.5. The number of fused-ring (bicyclic) bond motifs is 2. The van der Waals surface area contributed by atoms with Crippen LogP contribution >= 0.6 is 0 Å². The first-order chi connectivity index (χ1) is 12.3. The van der Waals surface area contributed by atoms with Crippen molar-refractivity contribution in [2.45, 2.75) is 37.9 Å². The van der Waals surface area contributed by atoms with Crippen molar-refractivity contribution < 1.29 is 22.5 Å². The molecule has 2 bridgehead atoms. The number of nitrogens with zero attached hydrogens (tertiary/aromatic N) is 3. The van der Waals surface area contributed by atoms with E-state index in [0.717, 1.165) is 25.0 Å². The molecule has 1 saturated heterocycles. The molecular formula is C17H17F3N4O2. The lowest BCUT2D eigenvalue weighted by atomic mass is 9.98. The van der Waals surface area contributed by atoms with Gasteiger partial charge in [0, 0.05) is 18.3 Å². The van der Waals surface area contributed by atoms with Crippen LogP contribution in [0.2, 0.25) is 0 Å². The number of halogens is 3. The molecule has 1 saturated carbocycles. The number of anilines is 1. The Kier molecular flexibility index (Phi) is 3.89. The maximum Gasteiger partial charge on any atom is 0.416 e. The van der Waals surface area contributed by atoms with Crippen molar-refractivity contribution in [1.82, 2.24) is 15.0 Å². The van der Waals surface area contributed by atoms with Crippen LogP contribution in [0.25, 0.3) is 0 Å². The van der Waals surface area contributed by atoms with Crippen molar-refractivity contribution >= 4 is 11.7 Å². The summed E-state index contributed by atoms with van der Waals surface area (Å²) in [6.45, 7) is 2.37. The van der Waals surface area contributed by atoms with Gasteiger partial charge in [0.25, 0.3) is 0 Å². The fourth-order valence-corrected chi connectivity index (χ4v) is 3.93. The molecule has 1 aliphatic heterocycles. The molecule has 2 heterocycles.